The molecule has 0 radical (unpaired) electrons. The normalized spacial score (nSPS) is 17.8. The van der Waals surface area contributed by atoms with Crippen molar-refractivity contribution in [2.24, 2.45) is 4.99 Å². The van der Waals surface area contributed by atoms with Gasteiger partial charge in [-0.15, -0.1) is 34.2 Å². The van der Waals surface area contributed by atoms with Crippen LogP contribution in [-0.2, 0) is 26.1 Å². The van der Waals surface area contributed by atoms with Crippen molar-refractivity contribution < 1.29 is 0 Å². The number of aromatic nitrogens is 3. The molecule has 0 aliphatic carbocycles. The molecule has 2 aliphatic rings. The summed E-state index contributed by atoms with van der Waals surface area (Å²) >= 11 is 0. The Hall–Kier alpha value is -1.68. The molecule has 0 atom stereocenters. The highest BCUT2D eigenvalue weighted by atomic mass is 127. The first kappa shape index (κ1) is 21.0. The second-order valence-corrected chi connectivity index (χ2v) is 7.29. The highest BCUT2D eigenvalue weighted by molar-refractivity contribution is 14.0. The maximum absolute atomic E-state index is 4.49. The molecule has 7 nitrogen and oxygen atoms in total. The van der Waals surface area contributed by atoms with E-state index in [0.717, 1.165) is 63.3 Å². The number of fused-ring (bicyclic) bond motifs is 1. The van der Waals surface area contributed by atoms with E-state index in [1.807, 2.05) is 7.05 Å². The van der Waals surface area contributed by atoms with Crippen molar-refractivity contribution in [3.05, 3.63) is 47.5 Å². The van der Waals surface area contributed by atoms with Gasteiger partial charge in [0.25, 0.3) is 0 Å². The Balaban J connectivity index is 0.00000225. The molecule has 8 heteroatoms. The second-order valence-electron chi connectivity index (χ2n) is 7.29. The first-order chi connectivity index (χ1) is 13.3. The maximum atomic E-state index is 4.49. The SMILES string of the molecule is CN=C(NCc1nnc2n1CCCC2)N1CCN(Cc2ccccc2)CC1.I. The Kier molecular flexibility index (Phi) is 7.66. The summed E-state index contributed by atoms with van der Waals surface area (Å²) < 4.78 is 2.27. The van der Waals surface area contributed by atoms with E-state index in [1.165, 1.54) is 18.4 Å². The molecule has 0 amide bonds. The standard InChI is InChI=1S/C20H29N7.HI/c1-21-20(22-15-19-24-23-18-9-5-6-10-27(18)19)26-13-11-25(12-14-26)16-17-7-3-2-4-8-17;/h2-4,7-8H,5-6,9-16H2,1H3,(H,21,22);1H. The van der Waals surface area contributed by atoms with Crippen molar-refractivity contribution in [2.45, 2.75) is 38.9 Å². The molecule has 2 aromatic rings. The molecular formula is C20H30IN7. The van der Waals surface area contributed by atoms with E-state index in [-0.39, 0.29) is 24.0 Å². The van der Waals surface area contributed by atoms with Gasteiger partial charge in [-0.25, -0.2) is 0 Å². The highest BCUT2D eigenvalue weighted by Gasteiger charge is 2.21. The number of nitrogens with zero attached hydrogens (tertiary/aromatic N) is 6. The van der Waals surface area contributed by atoms with Gasteiger partial charge in [-0.2, -0.15) is 0 Å². The average Bonchev–Trinajstić information content (AvgIpc) is 3.14. The number of halogens is 1. The summed E-state index contributed by atoms with van der Waals surface area (Å²) in [6.45, 7) is 6.83. The number of benzene rings is 1. The van der Waals surface area contributed by atoms with E-state index in [9.17, 15) is 0 Å². The van der Waals surface area contributed by atoms with Gasteiger partial charge in [0.15, 0.2) is 11.8 Å². The molecule has 0 unspecified atom stereocenters. The Morgan fingerprint density at radius 3 is 2.57 bits per heavy atom. The predicted octanol–water partition coefficient (Wildman–Crippen LogP) is 2.13. The van der Waals surface area contributed by atoms with Crippen LogP contribution in [0.4, 0.5) is 0 Å². The largest absolute Gasteiger partial charge is 0.349 e. The molecule has 2 aliphatic heterocycles. The Morgan fingerprint density at radius 2 is 1.82 bits per heavy atom. The van der Waals surface area contributed by atoms with Crippen molar-refractivity contribution in [1.29, 1.82) is 0 Å². The highest BCUT2D eigenvalue weighted by Crippen LogP contribution is 2.14. The summed E-state index contributed by atoms with van der Waals surface area (Å²) in [6.07, 6.45) is 3.49. The monoisotopic (exact) mass is 495 g/mol. The number of piperazine rings is 1. The van der Waals surface area contributed by atoms with Crippen LogP contribution in [0.15, 0.2) is 35.3 Å². The number of aliphatic imine (C=N–C) groups is 1. The quantitative estimate of drug-likeness (QED) is 0.400. The molecule has 0 saturated carbocycles. The third-order valence-electron chi connectivity index (χ3n) is 5.47. The number of aryl methyl sites for hydroxylation is 1. The maximum Gasteiger partial charge on any atom is 0.194 e. The van der Waals surface area contributed by atoms with E-state index >= 15 is 0 Å². The molecule has 1 fully saturated rings. The Morgan fingerprint density at radius 1 is 1.04 bits per heavy atom. The van der Waals surface area contributed by atoms with Crippen LogP contribution < -0.4 is 5.32 Å². The minimum absolute atomic E-state index is 0. The Bertz CT molecular complexity index is 766. The lowest BCUT2D eigenvalue weighted by atomic mass is 10.2. The molecule has 0 bridgehead atoms. The zero-order chi connectivity index (χ0) is 18.5. The molecule has 3 heterocycles. The summed E-state index contributed by atoms with van der Waals surface area (Å²) in [5, 5.41) is 12.2. The van der Waals surface area contributed by atoms with Gasteiger partial charge >= 0.3 is 0 Å². The average molecular weight is 495 g/mol. The number of nitrogens with one attached hydrogen (secondary N) is 1. The summed E-state index contributed by atoms with van der Waals surface area (Å²) in [5.41, 5.74) is 1.38. The van der Waals surface area contributed by atoms with Crippen molar-refractivity contribution in [3.63, 3.8) is 0 Å². The van der Waals surface area contributed by atoms with Crippen LogP contribution >= 0.6 is 24.0 Å². The summed E-state index contributed by atoms with van der Waals surface area (Å²) in [4.78, 5) is 9.34. The first-order valence-corrected chi connectivity index (χ1v) is 9.96. The van der Waals surface area contributed by atoms with Gasteiger partial charge < -0.3 is 14.8 Å². The molecule has 1 N–H and O–H groups in total. The number of hydrogen-bond acceptors (Lipinski definition) is 4. The summed E-state index contributed by atoms with van der Waals surface area (Å²) in [6, 6.07) is 10.7. The number of rotatable bonds is 4. The predicted molar refractivity (Wildman–Crippen MR) is 122 cm³/mol. The van der Waals surface area contributed by atoms with Crippen molar-refractivity contribution in [2.75, 3.05) is 33.2 Å². The van der Waals surface area contributed by atoms with Gasteiger partial charge in [-0.3, -0.25) is 9.89 Å². The van der Waals surface area contributed by atoms with E-state index in [1.54, 1.807) is 0 Å². The van der Waals surface area contributed by atoms with Crippen LogP contribution in [0.25, 0.3) is 0 Å². The van der Waals surface area contributed by atoms with E-state index in [2.05, 4.69) is 65.2 Å². The van der Waals surface area contributed by atoms with Gasteiger partial charge in [0, 0.05) is 52.7 Å². The van der Waals surface area contributed by atoms with Crippen LogP contribution in [-0.4, -0.2) is 63.8 Å². The van der Waals surface area contributed by atoms with Gasteiger partial charge in [0.2, 0.25) is 0 Å². The van der Waals surface area contributed by atoms with Crippen LogP contribution in [0, 0.1) is 0 Å². The minimum atomic E-state index is 0. The fourth-order valence-electron chi connectivity index (χ4n) is 3.95. The van der Waals surface area contributed by atoms with Crippen LogP contribution in [0.2, 0.25) is 0 Å². The van der Waals surface area contributed by atoms with Crippen molar-refractivity contribution >= 4 is 29.9 Å². The lowest BCUT2D eigenvalue weighted by Gasteiger charge is -2.36. The molecule has 1 aromatic heterocycles. The van der Waals surface area contributed by atoms with Crippen molar-refractivity contribution in [3.8, 4) is 0 Å². The second kappa shape index (κ2) is 10.2. The third-order valence-corrected chi connectivity index (χ3v) is 5.47. The third kappa shape index (κ3) is 5.02. The zero-order valence-electron chi connectivity index (χ0n) is 16.5. The summed E-state index contributed by atoms with van der Waals surface area (Å²) in [7, 11) is 1.86. The van der Waals surface area contributed by atoms with Crippen LogP contribution in [0.5, 0.6) is 0 Å². The first-order valence-electron chi connectivity index (χ1n) is 9.96. The summed E-state index contributed by atoms with van der Waals surface area (Å²) in [5.74, 6) is 3.11. The van der Waals surface area contributed by atoms with Gasteiger partial charge in [-0.05, 0) is 18.4 Å². The smallest absolute Gasteiger partial charge is 0.194 e. The van der Waals surface area contributed by atoms with Crippen LogP contribution in [0.1, 0.15) is 30.1 Å². The fourth-order valence-corrected chi connectivity index (χ4v) is 3.95. The zero-order valence-corrected chi connectivity index (χ0v) is 18.9. The van der Waals surface area contributed by atoms with E-state index in [4.69, 9.17) is 0 Å². The number of guanidine groups is 1. The molecule has 1 saturated heterocycles. The molecular weight excluding hydrogens is 465 g/mol. The van der Waals surface area contributed by atoms with Crippen molar-refractivity contribution in [1.82, 2.24) is 29.9 Å². The van der Waals surface area contributed by atoms with Gasteiger partial charge in [-0.1, -0.05) is 30.3 Å². The van der Waals surface area contributed by atoms with Gasteiger partial charge in [0.05, 0.1) is 6.54 Å². The lowest BCUT2D eigenvalue weighted by Crippen LogP contribution is -2.52. The molecule has 28 heavy (non-hydrogen) atoms. The number of hydrogen-bond donors (Lipinski definition) is 1. The molecule has 152 valence electrons. The molecule has 4 rings (SSSR count). The fraction of sp³-hybridized carbons (Fsp3) is 0.550. The topological polar surface area (TPSA) is 61.6 Å². The van der Waals surface area contributed by atoms with Crippen LogP contribution in [0.3, 0.4) is 0 Å². The van der Waals surface area contributed by atoms with Gasteiger partial charge in [0.1, 0.15) is 5.82 Å². The molecule has 1 aromatic carbocycles. The minimum Gasteiger partial charge on any atom is -0.349 e. The molecule has 0 spiro atoms. The Labute approximate surface area is 184 Å². The van der Waals surface area contributed by atoms with E-state index < -0.39 is 0 Å². The lowest BCUT2D eigenvalue weighted by molar-refractivity contribution is 0.172. The van der Waals surface area contributed by atoms with E-state index in [0.29, 0.717) is 6.54 Å².